The van der Waals surface area contributed by atoms with E-state index in [1.165, 1.54) is 25.7 Å². The van der Waals surface area contributed by atoms with Gasteiger partial charge >= 0.3 is 0 Å². The Morgan fingerprint density at radius 3 is 2.45 bits per heavy atom. The molecule has 1 amide bonds. The van der Waals surface area contributed by atoms with E-state index in [4.69, 9.17) is 0 Å². The Morgan fingerprint density at radius 2 is 1.82 bits per heavy atom. The van der Waals surface area contributed by atoms with Gasteiger partial charge in [0, 0.05) is 17.8 Å². The fourth-order valence-electron chi connectivity index (χ4n) is 3.14. The summed E-state index contributed by atoms with van der Waals surface area (Å²) in [6.45, 7) is 0.308. The van der Waals surface area contributed by atoms with Gasteiger partial charge in [-0.05, 0) is 43.1 Å². The van der Waals surface area contributed by atoms with Crippen LogP contribution in [0.4, 0.5) is 0 Å². The smallest absolute Gasteiger partial charge is 0.241 e. The first-order valence-corrected chi connectivity index (χ1v) is 8.17. The lowest BCUT2D eigenvalue weighted by atomic mass is 10.1. The Labute approximate surface area is 130 Å². The molecule has 2 saturated carbocycles. The SMILES string of the molecule is O=C(Cn1cc(-c2ccccc2)cn1)NC(C1CC1)C1CC1. The predicted octanol–water partition coefficient (Wildman–Crippen LogP) is 2.85. The Bertz CT molecular complexity index is 644. The van der Waals surface area contributed by atoms with Crippen LogP contribution in [0.3, 0.4) is 0 Å². The molecule has 4 nitrogen and oxygen atoms in total. The fourth-order valence-corrected chi connectivity index (χ4v) is 3.14. The molecule has 1 aromatic heterocycles. The van der Waals surface area contributed by atoms with Crippen molar-refractivity contribution in [2.24, 2.45) is 11.8 Å². The van der Waals surface area contributed by atoms with Gasteiger partial charge in [-0.1, -0.05) is 30.3 Å². The number of carbonyl (C=O) groups is 1. The van der Waals surface area contributed by atoms with E-state index in [1.807, 2.05) is 30.6 Å². The van der Waals surface area contributed by atoms with Gasteiger partial charge in [0.2, 0.25) is 5.91 Å². The van der Waals surface area contributed by atoms with Gasteiger partial charge in [0.25, 0.3) is 0 Å². The molecule has 2 aliphatic carbocycles. The summed E-state index contributed by atoms with van der Waals surface area (Å²) < 4.78 is 1.73. The first-order valence-electron chi connectivity index (χ1n) is 8.17. The van der Waals surface area contributed by atoms with E-state index in [1.54, 1.807) is 4.68 Å². The van der Waals surface area contributed by atoms with Crippen molar-refractivity contribution in [3.8, 4) is 11.1 Å². The second-order valence-corrected chi connectivity index (χ2v) is 6.56. The van der Waals surface area contributed by atoms with Gasteiger partial charge in [-0.15, -0.1) is 0 Å². The van der Waals surface area contributed by atoms with Crippen molar-refractivity contribution < 1.29 is 4.79 Å². The zero-order valence-electron chi connectivity index (χ0n) is 12.6. The molecule has 114 valence electrons. The lowest BCUT2D eigenvalue weighted by Crippen LogP contribution is -2.40. The van der Waals surface area contributed by atoms with Crippen molar-refractivity contribution in [2.45, 2.75) is 38.3 Å². The minimum atomic E-state index is 0.0894. The van der Waals surface area contributed by atoms with Gasteiger partial charge in [0.15, 0.2) is 0 Å². The minimum absolute atomic E-state index is 0.0894. The summed E-state index contributed by atoms with van der Waals surface area (Å²) >= 11 is 0. The van der Waals surface area contributed by atoms with Gasteiger partial charge in [-0.3, -0.25) is 9.48 Å². The summed E-state index contributed by atoms with van der Waals surface area (Å²) in [4.78, 5) is 12.3. The van der Waals surface area contributed by atoms with Crippen molar-refractivity contribution in [1.29, 1.82) is 0 Å². The van der Waals surface area contributed by atoms with Crippen LogP contribution in [-0.2, 0) is 11.3 Å². The number of nitrogens with one attached hydrogen (secondary N) is 1. The van der Waals surface area contributed by atoms with E-state index in [-0.39, 0.29) is 5.91 Å². The Hall–Kier alpha value is -2.10. The molecule has 0 bridgehead atoms. The first kappa shape index (κ1) is 13.6. The largest absolute Gasteiger partial charge is 0.351 e. The van der Waals surface area contributed by atoms with E-state index in [0.29, 0.717) is 12.6 Å². The number of nitrogens with zero attached hydrogens (tertiary/aromatic N) is 2. The van der Waals surface area contributed by atoms with Crippen LogP contribution in [0.5, 0.6) is 0 Å². The van der Waals surface area contributed by atoms with Crippen LogP contribution in [0.2, 0.25) is 0 Å². The molecule has 2 aromatic rings. The molecule has 0 atom stereocenters. The summed E-state index contributed by atoms with van der Waals surface area (Å²) in [6, 6.07) is 10.5. The molecule has 0 aliphatic heterocycles. The van der Waals surface area contributed by atoms with Gasteiger partial charge in [0.1, 0.15) is 6.54 Å². The maximum Gasteiger partial charge on any atom is 0.241 e. The fraction of sp³-hybridized carbons (Fsp3) is 0.444. The van der Waals surface area contributed by atoms with E-state index in [9.17, 15) is 4.79 Å². The Kier molecular flexibility index (Phi) is 3.45. The van der Waals surface area contributed by atoms with Gasteiger partial charge < -0.3 is 5.32 Å². The molecule has 1 aromatic carbocycles. The number of rotatable bonds is 6. The van der Waals surface area contributed by atoms with E-state index >= 15 is 0 Å². The summed E-state index contributed by atoms with van der Waals surface area (Å²) in [5, 5.41) is 7.56. The average molecular weight is 295 g/mol. The number of hydrogen-bond acceptors (Lipinski definition) is 2. The monoisotopic (exact) mass is 295 g/mol. The average Bonchev–Trinajstić information content (AvgIpc) is 3.45. The zero-order chi connectivity index (χ0) is 14.9. The second kappa shape index (κ2) is 5.59. The molecule has 0 radical (unpaired) electrons. The molecular weight excluding hydrogens is 274 g/mol. The third-order valence-corrected chi connectivity index (χ3v) is 4.63. The lowest BCUT2D eigenvalue weighted by molar-refractivity contribution is -0.122. The molecule has 4 heteroatoms. The molecule has 4 rings (SSSR count). The lowest BCUT2D eigenvalue weighted by Gasteiger charge is -2.17. The Balaban J connectivity index is 1.38. The molecule has 22 heavy (non-hydrogen) atoms. The predicted molar refractivity (Wildman–Crippen MR) is 85.0 cm³/mol. The minimum Gasteiger partial charge on any atom is -0.351 e. The summed E-state index contributed by atoms with van der Waals surface area (Å²) in [5.41, 5.74) is 2.18. The quantitative estimate of drug-likeness (QED) is 0.890. The highest BCUT2D eigenvalue weighted by atomic mass is 16.2. The summed E-state index contributed by atoms with van der Waals surface area (Å²) in [6.07, 6.45) is 8.88. The number of aromatic nitrogens is 2. The standard InChI is InChI=1S/C18H21N3O/c22-17(20-18(14-6-7-14)15-8-9-15)12-21-11-16(10-19-21)13-4-2-1-3-5-13/h1-5,10-11,14-15,18H,6-9,12H2,(H,20,22). The zero-order valence-corrected chi connectivity index (χ0v) is 12.6. The molecular formula is C18H21N3O. The van der Waals surface area contributed by atoms with Crippen molar-refractivity contribution in [2.75, 3.05) is 0 Å². The van der Waals surface area contributed by atoms with Gasteiger partial charge in [0.05, 0.1) is 6.20 Å². The summed E-state index contributed by atoms with van der Waals surface area (Å²) in [5.74, 6) is 1.55. The van der Waals surface area contributed by atoms with Crippen molar-refractivity contribution in [3.05, 3.63) is 42.7 Å². The molecule has 0 saturated heterocycles. The first-order chi connectivity index (χ1) is 10.8. The van der Waals surface area contributed by atoms with Crippen molar-refractivity contribution in [3.63, 3.8) is 0 Å². The Morgan fingerprint density at radius 1 is 1.14 bits per heavy atom. The number of benzene rings is 1. The molecule has 2 fully saturated rings. The maximum atomic E-state index is 12.3. The third-order valence-electron chi connectivity index (χ3n) is 4.63. The van der Waals surface area contributed by atoms with E-state index < -0.39 is 0 Å². The highest BCUT2D eigenvalue weighted by Crippen LogP contribution is 2.44. The number of carbonyl (C=O) groups excluding carboxylic acids is 1. The van der Waals surface area contributed by atoms with E-state index in [0.717, 1.165) is 23.0 Å². The molecule has 2 aliphatic rings. The molecule has 0 unspecified atom stereocenters. The highest BCUT2D eigenvalue weighted by molar-refractivity contribution is 5.76. The topological polar surface area (TPSA) is 46.9 Å². The van der Waals surface area contributed by atoms with Gasteiger partial charge in [-0.2, -0.15) is 5.10 Å². The molecule has 1 heterocycles. The maximum absolute atomic E-state index is 12.3. The van der Waals surface area contributed by atoms with Crippen LogP contribution in [0.1, 0.15) is 25.7 Å². The van der Waals surface area contributed by atoms with Crippen LogP contribution >= 0.6 is 0 Å². The van der Waals surface area contributed by atoms with Crippen LogP contribution in [0.15, 0.2) is 42.7 Å². The summed E-state index contributed by atoms with van der Waals surface area (Å²) in [7, 11) is 0. The highest BCUT2D eigenvalue weighted by Gasteiger charge is 2.42. The van der Waals surface area contributed by atoms with Crippen LogP contribution in [0, 0.1) is 11.8 Å². The molecule has 0 spiro atoms. The van der Waals surface area contributed by atoms with Gasteiger partial charge in [-0.25, -0.2) is 0 Å². The second-order valence-electron chi connectivity index (χ2n) is 6.56. The van der Waals surface area contributed by atoms with E-state index in [2.05, 4.69) is 22.5 Å². The number of amides is 1. The van der Waals surface area contributed by atoms with Crippen molar-refractivity contribution >= 4 is 5.91 Å². The number of hydrogen-bond donors (Lipinski definition) is 1. The van der Waals surface area contributed by atoms with Crippen molar-refractivity contribution in [1.82, 2.24) is 15.1 Å². The third kappa shape index (κ3) is 3.06. The van der Waals surface area contributed by atoms with Crippen LogP contribution in [-0.4, -0.2) is 21.7 Å². The normalized spacial score (nSPS) is 17.7. The molecule has 1 N–H and O–H groups in total. The van der Waals surface area contributed by atoms with Crippen LogP contribution < -0.4 is 5.32 Å². The van der Waals surface area contributed by atoms with Crippen LogP contribution in [0.25, 0.3) is 11.1 Å².